The summed E-state index contributed by atoms with van der Waals surface area (Å²) < 4.78 is 22.9. The van der Waals surface area contributed by atoms with Crippen molar-refractivity contribution in [3.63, 3.8) is 0 Å². The topological polar surface area (TPSA) is 70.2 Å². The summed E-state index contributed by atoms with van der Waals surface area (Å²) in [5.41, 5.74) is 1.26. The predicted molar refractivity (Wildman–Crippen MR) is 85.9 cm³/mol. The fourth-order valence-corrected chi connectivity index (χ4v) is 2.87. The van der Waals surface area contributed by atoms with Crippen LogP contribution in [-0.2, 0) is 9.84 Å². The highest BCUT2D eigenvalue weighted by Gasteiger charge is 2.20. The third-order valence-corrected chi connectivity index (χ3v) is 4.92. The molecule has 0 aliphatic heterocycles. The number of amides is 1. The summed E-state index contributed by atoms with van der Waals surface area (Å²) in [6.45, 7) is 1.87. The van der Waals surface area contributed by atoms with Crippen LogP contribution in [0.15, 0.2) is 41.4 Å². The van der Waals surface area contributed by atoms with E-state index in [4.69, 9.17) is 11.6 Å². The Bertz CT molecular complexity index is 781. The van der Waals surface area contributed by atoms with Gasteiger partial charge in [0.15, 0.2) is 9.84 Å². The van der Waals surface area contributed by atoms with Gasteiger partial charge in [-0.3, -0.25) is 4.79 Å². The zero-order valence-electron chi connectivity index (χ0n) is 12.5. The number of aromatic nitrogens is 1. The molecule has 0 aliphatic rings. The first-order valence-electron chi connectivity index (χ1n) is 6.61. The van der Waals surface area contributed by atoms with Crippen molar-refractivity contribution in [1.29, 1.82) is 0 Å². The minimum Gasteiger partial charge on any atom is -0.356 e. The number of aromatic amines is 1. The van der Waals surface area contributed by atoms with E-state index in [-0.39, 0.29) is 16.8 Å². The number of rotatable bonds is 4. The van der Waals surface area contributed by atoms with Gasteiger partial charge in [-0.15, -0.1) is 0 Å². The largest absolute Gasteiger partial charge is 0.356 e. The molecule has 1 amide bonds. The molecule has 1 unspecified atom stereocenters. The van der Waals surface area contributed by atoms with Gasteiger partial charge in [0.1, 0.15) is 5.69 Å². The lowest BCUT2D eigenvalue weighted by Gasteiger charge is -2.25. The van der Waals surface area contributed by atoms with Crippen LogP contribution in [0.5, 0.6) is 0 Å². The average Bonchev–Trinajstić information content (AvgIpc) is 2.90. The molecule has 0 bridgehead atoms. The Balaban J connectivity index is 2.20. The monoisotopic (exact) mass is 340 g/mol. The Morgan fingerprint density at radius 2 is 1.86 bits per heavy atom. The third kappa shape index (κ3) is 3.51. The van der Waals surface area contributed by atoms with Crippen LogP contribution in [0.1, 0.15) is 29.0 Å². The van der Waals surface area contributed by atoms with Gasteiger partial charge in [-0.2, -0.15) is 0 Å². The van der Waals surface area contributed by atoms with E-state index >= 15 is 0 Å². The molecule has 0 fully saturated rings. The van der Waals surface area contributed by atoms with Crippen molar-refractivity contribution in [2.24, 2.45) is 0 Å². The van der Waals surface area contributed by atoms with Gasteiger partial charge in [0.25, 0.3) is 5.91 Å². The summed E-state index contributed by atoms with van der Waals surface area (Å²) in [6, 6.07) is 7.89. The summed E-state index contributed by atoms with van der Waals surface area (Å²) in [4.78, 5) is 17.0. The molecule has 7 heteroatoms. The van der Waals surface area contributed by atoms with Gasteiger partial charge < -0.3 is 9.88 Å². The predicted octanol–water partition coefficient (Wildman–Crippen LogP) is 2.90. The van der Waals surface area contributed by atoms with Crippen molar-refractivity contribution >= 4 is 27.3 Å². The van der Waals surface area contributed by atoms with Crippen molar-refractivity contribution in [3.05, 3.63) is 52.8 Å². The number of H-pyrrole nitrogens is 1. The molecule has 1 heterocycles. The molecular weight excluding hydrogens is 324 g/mol. The zero-order valence-corrected chi connectivity index (χ0v) is 14.1. The molecule has 22 heavy (non-hydrogen) atoms. The number of sulfone groups is 1. The Kier molecular flexibility index (Phi) is 4.63. The van der Waals surface area contributed by atoms with Crippen LogP contribution in [0.2, 0.25) is 5.02 Å². The van der Waals surface area contributed by atoms with Crippen LogP contribution in [0.25, 0.3) is 0 Å². The number of nitrogens with one attached hydrogen (secondary N) is 1. The minimum absolute atomic E-state index is 0.188. The molecule has 0 spiro atoms. The van der Waals surface area contributed by atoms with E-state index in [1.807, 2.05) is 6.92 Å². The first-order valence-corrected chi connectivity index (χ1v) is 8.88. The van der Waals surface area contributed by atoms with Crippen LogP contribution in [0, 0.1) is 0 Å². The van der Waals surface area contributed by atoms with E-state index in [9.17, 15) is 13.2 Å². The number of carbonyl (C=O) groups is 1. The van der Waals surface area contributed by atoms with E-state index in [1.165, 1.54) is 0 Å². The summed E-state index contributed by atoms with van der Waals surface area (Å²) in [5, 5.41) is 0.474. The fourth-order valence-electron chi connectivity index (χ4n) is 2.07. The second kappa shape index (κ2) is 6.14. The molecule has 1 N–H and O–H groups in total. The summed E-state index contributed by atoms with van der Waals surface area (Å²) in [7, 11) is -1.54. The van der Waals surface area contributed by atoms with Gasteiger partial charge in [-0.25, -0.2) is 8.42 Å². The molecule has 0 saturated heterocycles. The van der Waals surface area contributed by atoms with E-state index in [0.717, 1.165) is 11.8 Å². The Morgan fingerprint density at radius 3 is 2.32 bits per heavy atom. The molecule has 2 aromatic rings. The van der Waals surface area contributed by atoms with E-state index < -0.39 is 9.84 Å². The van der Waals surface area contributed by atoms with Crippen molar-refractivity contribution in [1.82, 2.24) is 9.88 Å². The minimum atomic E-state index is -3.22. The normalized spacial score (nSPS) is 12.9. The highest BCUT2D eigenvalue weighted by molar-refractivity contribution is 7.90. The van der Waals surface area contributed by atoms with Crippen LogP contribution < -0.4 is 0 Å². The molecule has 1 aromatic carbocycles. The summed E-state index contributed by atoms with van der Waals surface area (Å²) in [6.07, 6.45) is 2.71. The van der Waals surface area contributed by atoms with Crippen LogP contribution in [0.4, 0.5) is 0 Å². The number of halogens is 1. The van der Waals surface area contributed by atoms with Crippen molar-refractivity contribution in [3.8, 4) is 0 Å². The maximum absolute atomic E-state index is 12.3. The molecule has 1 aromatic heterocycles. The molecule has 118 valence electrons. The average molecular weight is 341 g/mol. The smallest absolute Gasteiger partial charge is 0.270 e. The second-order valence-corrected chi connectivity index (χ2v) is 7.62. The number of hydrogen-bond acceptors (Lipinski definition) is 3. The van der Waals surface area contributed by atoms with E-state index in [2.05, 4.69) is 4.98 Å². The van der Waals surface area contributed by atoms with Gasteiger partial charge in [0.2, 0.25) is 0 Å². The molecule has 0 saturated carbocycles. The SMILES string of the molecule is CC(c1ccc(S(C)(=O)=O)cc1)N(C)C(=O)c1cc(Cl)c[nH]1. The van der Waals surface area contributed by atoms with E-state index in [0.29, 0.717) is 10.7 Å². The lowest BCUT2D eigenvalue weighted by atomic mass is 10.1. The Labute approximate surface area is 134 Å². The molecule has 2 rings (SSSR count). The van der Waals surface area contributed by atoms with Crippen molar-refractivity contribution < 1.29 is 13.2 Å². The molecule has 0 radical (unpaired) electrons. The van der Waals surface area contributed by atoms with Crippen molar-refractivity contribution in [2.75, 3.05) is 13.3 Å². The molecule has 1 atom stereocenters. The first kappa shape index (κ1) is 16.6. The Morgan fingerprint density at radius 1 is 1.27 bits per heavy atom. The number of benzene rings is 1. The summed E-state index contributed by atoms with van der Waals surface area (Å²) >= 11 is 5.81. The van der Waals surface area contributed by atoms with Gasteiger partial charge in [0.05, 0.1) is 16.0 Å². The van der Waals surface area contributed by atoms with Gasteiger partial charge in [0, 0.05) is 19.5 Å². The van der Waals surface area contributed by atoms with Crippen LogP contribution in [0.3, 0.4) is 0 Å². The zero-order chi connectivity index (χ0) is 16.5. The highest BCUT2D eigenvalue weighted by atomic mass is 35.5. The summed E-state index contributed by atoms with van der Waals surface area (Å²) in [5.74, 6) is -0.188. The van der Waals surface area contributed by atoms with Gasteiger partial charge in [-0.05, 0) is 30.7 Å². The maximum Gasteiger partial charge on any atom is 0.270 e. The molecule has 5 nitrogen and oxygen atoms in total. The molecule has 0 aliphatic carbocycles. The van der Waals surface area contributed by atoms with Gasteiger partial charge >= 0.3 is 0 Å². The number of nitrogens with zero attached hydrogens (tertiary/aromatic N) is 1. The Hall–Kier alpha value is -1.79. The van der Waals surface area contributed by atoms with Gasteiger partial charge in [-0.1, -0.05) is 23.7 Å². The number of carbonyl (C=O) groups excluding carboxylic acids is 1. The standard InChI is InChI=1S/C15H17ClN2O3S/c1-10(11-4-6-13(7-5-11)22(3,20)21)18(2)15(19)14-8-12(16)9-17-14/h4-10,17H,1-3H3. The first-order chi connectivity index (χ1) is 10.2. The van der Waals surface area contributed by atoms with E-state index in [1.54, 1.807) is 48.5 Å². The quantitative estimate of drug-likeness (QED) is 0.930. The van der Waals surface area contributed by atoms with Crippen molar-refractivity contribution in [2.45, 2.75) is 17.9 Å². The van der Waals surface area contributed by atoms with Crippen LogP contribution >= 0.6 is 11.6 Å². The maximum atomic E-state index is 12.3. The fraction of sp³-hybridized carbons (Fsp3) is 0.267. The highest BCUT2D eigenvalue weighted by Crippen LogP contribution is 2.22. The number of hydrogen-bond donors (Lipinski definition) is 1. The second-order valence-electron chi connectivity index (χ2n) is 5.16. The van der Waals surface area contributed by atoms with Crippen LogP contribution in [-0.4, -0.2) is 37.5 Å². The molecular formula is C15H17ClN2O3S. The lowest BCUT2D eigenvalue weighted by Crippen LogP contribution is -2.29. The third-order valence-electron chi connectivity index (χ3n) is 3.57. The lowest BCUT2D eigenvalue weighted by molar-refractivity contribution is 0.0737.